The highest BCUT2D eigenvalue weighted by molar-refractivity contribution is 6.01. The number of carboxylic acids is 1. The van der Waals surface area contributed by atoms with Crippen LogP contribution in [-0.4, -0.2) is 32.8 Å². The molecule has 1 heterocycles. The van der Waals surface area contributed by atoms with Crippen LogP contribution in [0.25, 0.3) is 10.8 Å². The number of anilines is 1. The fourth-order valence-electron chi connectivity index (χ4n) is 3.02. The number of carbonyl (C=O) groups is 2. The number of benzene rings is 2. The van der Waals surface area contributed by atoms with Crippen molar-refractivity contribution < 1.29 is 14.7 Å². The lowest BCUT2D eigenvalue weighted by Gasteiger charge is -2.27. The van der Waals surface area contributed by atoms with Crippen molar-refractivity contribution in [1.29, 1.82) is 0 Å². The summed E-state index contributed by atoms with van der Waals surface area (Å²) in [6.45, 7) is 3.38. The Morgan fingerprint density at radius 1 is 1.04 bits per heavy atom. The van der Waals surface area contributed by atoms with E-state index in [2.05, 4.69) is 5.10 Å². The number of carbonyl (C=O) groups excluding carboxylic acids is 1. The molecule has 2 aromatic carbocycles. The van der Waals surface area contributed by atoms with Gasteiger partial charge in [-0.15, -0.1) is 0 Å². The molecule has 27 heavy (non-hydrogen) atoms. The zero-order valence-corrected chi connectivity index (χ0v) is 15.0. The van der Waals surface area contributed by atoms with Crippen molar-refractivity contribution in [3.63, 3.8) is 0 Å². The second-order valence-corrected chi connectivity index (χ2v) is 6.36. The van der Waals surface area contributed by atoms with Gasteiger partial charge in [0, 0.05) is 17.1 Å². The van der Waals surface area contributed by atoms with Gasteiger partial charge in [-0.2, -0.15) is 5.10 Å². The Kier molecular flexibility index (Phi) is 5.03. The van der Waals surface area contributed by atoms with Crippen molar-refractivity contribution in [1.82, 2.24) is 9.78 Å². The summed E-state index contributed by atoms with van der Waals surface area (Å²) in [7, 11) is 0. The standard InChI is InChI=1S/C20H19N3O4/c1-13(2)23(14-8-4-3-5-9-14)17(24)12-22-19(25)16-11-7-6-10-15(16)18(21-22)20(26)27/h3-11,13H,12H2,1-2H3,(H,26,27). The van der Waals surface area contributed by atoms with Crippen LogP contribution in [0.5, 0.6) is 0 Å². The average Bonchev–Trinajstić information content (AvgIpc) is 2.64. The van der Waals surface area contributed by atoms with Gasteiger partial charge in [0.15, 0.2) is 5.69 Å². The van der Waals surface area contributed by atoms with E-state index >= 15 is 0 Å². The summed E-state index contributed by atoms with van der Waals surface area (Å²) in [5.74, 6) is -1.60. The third-order valence-electron chi connectivity index (χ3n) is 4.17. The van der Waals surface area contributed by atoms with Gasteiger partial charge >= 0.3 is 5.97 Å². The van der Waals surface area contributed by atoms with Crippen LogP contribution in [0.3, 0.4) is 0 Å². The molecule has 7 heteroatoms. The molecule has 1 aromatic heterocycles. The molecule has 0 radical (unpaired) electrons. The van der Waals surface area contributed by atoms with Crippen molar-refractivity contribution in [2.75, 3.05) is 4.90 Å². The maximum absolute atomic E-state index is 12.9. The van der Waals surface area contributed by atoms with Gasteiger partial charge in [-0.05, 0) is 32.0 Å². The van der Waals surface area contributed by atoms with Crippen LogP contribution >= 0.6 is 0 Å². The Bertz CT molecular complexity index is 1060. The number of nitrogens with zero attached hydrogens (tertiary/aromatic N) is 3. The monoisotopic (exact) mass is 365 g/mol. The van der Waals surface area contributed by atoms with E-state index in [-0.39, 0.29) is 35.0 Å². The minimum Gasteiger partial charge on any atom is -0.476 e. The Morgan fingerprint density at radius 2 is 1.63 bits per heavy atom. The zero-order valence-electron chi connectivity index (χ0n) is 15.0. The van der Waals surface area contributed by atoms with Crippen LogP contribution in [0.2, 0.25) is 0 Å². The van der Waals surface area contributed by atoms with Crippen molar-refractivity contribution in [2.45, 2.75) is 26.4 Å². The summed E-state index contributed by atoms with van der Waals surface area (Å²) in [5, 5.41) is 13.8. The number of hydrogen-bond donors (Lipinski definition) is 1. The van der Waals surface area contributed by atoms with Crippen LogP contribution in [0.4, 0.5) is 5.69 Å². The first-order valence-electron chi connectivity index (χ1n) is 8.50. The maximum Gasteiger partial charge on any atom is 0.357 e. The van der Waals surface area contributed by atoms with Crippen LogP contribution in [0, 0.1) is 0 Å². The Morgan fingerprint density at radius 3 is 2.22 bits per heavy atom. The first-order chi connectivity index (χ1) is 12.9. The molecular weight excluding hydrogens is 346 g/mol. The molecule has 0 fully saturated rings. The molecule has 0 aliphatic rings. The van der Waals surface area contributed by atoms with Crippen molar-refractivity contribution in [3.05, 3.63) is 70.6 Å². The number of fused-ring (bicyclic) bond motifs is 1. The summed E-state index contributed by atoms with van der Waals surface area (Å²) >= 11 is 0. The van der Waals surface area contributed by atoms with E-state index in [9.17, 15) is 19.5 Å². The molecule has 3 rings (SSSR count). The molecule has 0 saturated heterocycles. The summed E-state index contributed by atoms with van der Waals surface area (Å²) in [5.41, 5.74) is -0.0562. The van der Waals surface area contributed by atoms with Crippen LogP contribution < -0.4 is 10.5 Å². The quantitative estimate of drug-likeness (QED) is 0.750. The first kappa shape index (κ1) is 18.3. The third kappa shape index (κ3) is 3.57. The molecule has 0 bridgehead atoms. The third-order valence-corrected chi connectivity index (χ3v) is 4.17. The van der Waals surface area contributed by atoms with Gasteiger partial charge in [0.25, 0.3) is 5.56 Å². The first-order valence-corrected chi connectivity index (χ1v) is 8.50. The number of hydrogen-bond acceptors (Lipinski definition) is 4. The van der Waals surface area contributed by atoms with E-state index < -0.39 is 11.5 Å². The Hall–Kier alpha value is -3.48. The minimum atomic E-state index is -1.25. The molecule has 0 aliphatic carbocycles. The van der Waals surface area contributed by atoms with Gasteiger partial charge in [-0.1, -0.05) is 36.4 Å². The Labute approximate surface area is 155 Å². The Balaban J connectivity index is 2.05. The normalized spacial score (nSPS) is 10.9. The summed E-state index contributed by atoms with van der Waals surface area (Å²) in [6.07, 6.45) is 0. The van der Waals surface area contributed by atoms with Gasteiger partial charge in [0.1, 0.15) is 6.54 Å². The average molecular weight is 365 g/mol. The van der Waals surface area contributed by atoms with Gasteiger partial charge in [0.2, 0.25) is 5.91 Å². The molecule has 7 nitrogen and oxygen atoms in total. The van der Waals surface area contributed by atoms with Crippen molar-refractivity contribution in [2.24, 2.45) is 0 Å². The topological polar surface area (TPSA) is 92.5 Å². The van der Waals surface area contributed by atoms with E-state index in [1.54, 1.807) is 29.2 Å². The predicted octanol–water partition coefficient (Wildman–Crippen LogP) is 2.54. The summed E-state index contributed by atoms with van der Waals surface area (Å²) in [6, 6.07) is 15.3. The molecule has 0 atom stereocenters. The molecule has 0 aliphatic heterocycles. The second-order valence-electron chi connectivity index (χ2n) is 6.36. The maximum atomic E-state index is 12.9. The van der Waals surface area contributed by atoms with Gasteiger partial charge < -0.3 is 10.0 Å². The van der Waals surface area contributed by atoms with E-state index in [1.165, 1.54) is 12.1 Å². The largest absolute Gasteiger partial charge is 0.476 e. The van der Waals surface area contributed by atoms with E-state index in [0.717, 1.165) is 4.68 Å². The number of aromatic carboxylic acids is 1. The van der Waals surface area contributed by atoms with Crippen LogP contribution in [0.15, 0.2) is 59.4 Å². The van der Waals surface area contributed by atoms with E-state index in [4.69, 9.17) is 0 Å². The zero-order chi connectivity index (χ0) is 19.6. The van der Waals surface area contributed by atoms with Crippen LogP contribution in [-0.2, 0) is 11.3 Å². The summed E-state index contributed by atoms with van der Waals surface area (Å²) in [4.78, 5) is 38.7. The number of rotatable bonds is 5. The smallest absolute Gasteiger partial charge is 0.357 e. The molecule has 138 valence electrons. The highest BCUT2D eigenvalue weighted by atomic mass is 16.4. The molecule has 0 spiro atoms. The molecule has 1 amide bonds. The minimum absolute atomic E-state index is 0.144. The second kappa shape index (κ2) is 7.41. The van der Waals surface area contributed by atoms with E-state index in [1.807, 2.05) is 32.0 Å². The molecule has 0 unspecified atom stereocenters. The van der Waals surface area contributed by atoms with Gasteiger partial charge in [-0.25, -0.2) is 9.48 Å². The fraction of sp³-hybridized carbons (Fsp3) is 0.200. The molecule has 0 saturated carbocycles. The lowest BCUT2D eigenvalue weighted by atomic mass is 10.1. The molecular formula is C20H19N3O4. The predicted molar refractivity (Wildman–Crippen MR) is 102 cm³/mol. The van der Waals surface area contributed by atoms with Crippen LogP contribution in [0.1, 0.15) is 24.3 Å². The SMILES string of the molecule is CC(C)N(C(=O)Cn1nc(C(=O)O)c2ccccc2c1=O)c1ccccc1. The summed E-state index contributed by atoms with van der Waals surface area (Å²) < 4.78 is 0.923. The number of para-hydroxylation sites is 1. The highest BCUT2D eigenvalue weighted by Gasteiger charge is 2.22. The van der Waals surface area contributed by atoms with Gasteiger partial charge in [-0.3, -0.25) is 9.59 Å². The van der Waals surface area contributed by atoms with Crippen molar-refractivity contribution >= 4 is 28.3 Å². The number of amides is 1. The lowest BCUT2D eigenvalue weighted by Crippen LogP contribution is -2.41. The van der Waals surface area contributed by atoms with E-state index in [0.29, 0.717) is 5.69 Å². The molecule has 3 aromatic rings. The van der Waals surface area contributed by atoms with Gasteiger partial charge in [0.05, 0.1) is 5.39 Å². The van der Waals surface area contributed by atoms with Crippen molar-refractivity contribution in [3.8, 4) is 0 Å². The fourth-order valence-corrected chi connectivity index (χ4v) is 3.02. The number of aromatic nitrogens is 2. The molecule has 1 N–H and O–H groups in total. The highest BCUT2D eigenvalue weighted by Crippen LogP contribution is 2.18. The lowest BCUT2D eigenvalue weighted by molar-refractivity contribution is -0.119. The number of carboxylic acid groups (broad SMARTS) is 1.